The maximum absolute atomic E-state index is 9.67. The van der Waals surface area contributed by atoms with Gasteiger partial charge < -0.3 is 21.1 Å². The monoisotopic (exact) mass is 322 g/mol. The molecule has 0 bridgehead atoms. The van der Waals surface area contributed by atoms with E-state index >= 15 is 0 Å². The lowest BCUT2D eigenvalue weighted by molar-refractivity contribution is 0.180. The molecule has 2 aromatic carbocycles. The molecule has 3 rings (SSSR count). The largest absolute Gasteiger partial charge is 0.399 e. The van der Waals surface area contributed by atoms with E-state index in [1.807, 2.05) is 47.0 Å². The SMILES string of the molecule is Nc1cccc(Cn2cnc(Cc3ccccc3)c2CC(N)O)c1. The third-order valence-electron chi connectivity index (χ3n) is 3.95. The van der Waals surface area contributed by atoms with Gasteiger partial charge in [-0.15, -0.1) is 0 Å². The number of aliphatic hydroxyl groups excluding tert-OH is 1. The second-order valence-electron chi connectivity index (χ2n) is 5.94. The number of nitrogens with zero attached hydrogens (tertiary/aromatic N) is 2. The van der Waals surface area contributed by atoms with Gasteiger partial charge in [-0.3, -0.25) is 0 Å². The Balaban J connectivity index is 1.88. The smallest absolute Gasteiger partial charge is 0.108 e. The Hall–Kier alpha value is -2.63. The predicted octanol–water partition coefficient (Wildman–Crippen LogP) is 1.92. The molecule has 0 saturated heterocycles. The van der Waals surface area contributed by atoms with Gasteiger partial charge in [0.25, 0.3) is 0 Å². The van der Waals surface area contributed by atoms with Crippen molar-refractivity contribution in [1.29, 1.82) is 0 Å². The molecule has 0 fully saturated rings. The fraction of sp³-hybridized carbons (Fsp3) is 0.211. The number of benzene rings is 2. The van der Waals surface area contributed by atoms with Crippen LogP contribution in [-0.4, -0.2) is 20.9 Å². The zero-order valence-electron chi connectivity index (χ0n) is 13.5. The van der Waals surface area contributed by atoms with Crippen LogP contribution in [0.2, 0.25) is 0 Å². The number of rotatable bonds is 6. The lowest BCUT2D eigenvalue weighted by Gasteiger charge is -2.12. The van der Waals surface area contributed by atoms with Crippen LogP contribution in [0.3, 0.4) is 0 Å². The van der Waals surface area contributed by atoms with Crippen molar-refractivity contribution in [1.82, 2.24) is 9.55 Å². The number of aromatic nitrogens is 2. The van der Waals surface area contributed by atoms with Crippen molar-refractivity contribution in [3.63, 3.8) is 0 Å². The molecule has 0 aliphatic heterocycles. The van der Waals surface area contributed by atoms with Gasteiger partial charge >= 0.3 is 0 Å². The van der Waals surface area contributed by atoms with E-state index in [1.165, 1.54) is 5.56 Å². The quantitative estimate of drug-likeness (QED) is 0.478. The highest BCUT2D eigenvalue weighted by atomic mass is 16.3. The molecule has 1 unspecified atom stereocenters. The van der Waals surface area contributed by atoms with Crippen LogP contribution in [0, 0.1) is 0 Å². The van der Waals surface area contributed by atoms with Crippen LogP contribution in [-0.2, 0) is 19.4 Å². The minimum Gasteiger partial charge on any atom is -0.399 e. The zero-order valence-corrected chi connectivity index (χ0v) is 13.5. The first-order valence-electron chi connectivity index (χ1n) is 7.96. The molecule has 3 aromatic rings. The van der Waals surface area contributed by atoms with Gasteiger partial charge in [0, 0.05) is 30.8 Å². The summed E-state index contributed by atoms with van der Waals surface area (Å²) in [5, 5.41) is 9.67. The van der Waals surface area contributed by atoms with Gasteiger partial charge in [0.05, 0.1) is 12.0 Å². The van der Waals surface area contributed by atoms with E-state index in [4.69, 9.17) is 11.5 Å². The Kier molecular flexibility index (Phi) is 4.93. The van der Waals surface area contributed by atoms with Crippen molar-refractivity contribution in [3.8, 4) is 0 Å². The lowest BCUT2D eigenvalue weighted by Crippen LogP contribution is -2.24. The Bertz CT molecular complexity index is 796. The van der Waals surface area contributed by atoms with Crippen LogP contribution < -0.4 is 11.5 Å². The summed E-state index contributed by atoms with van der Waals surface area (Å²) >= 11 is 0. The lowest BCUT2D eigenvalue weighted by atomic mass is 10.1. The second kappa shape index (κ2) is 7.29. The highest BCUT2D eigenvalue weighted by Crippen LogP contribution is 2.17. The summed E-state index contributed by atoms with van der Waals surface area (Å²) in [6.07, 6.45) is 1.98. The fourth-order valence-electron chi connectivity index (χ4n) is 2.84. The maximum Gasteiger partial charge on any atom is 0.108 e. The van der Waals surface area contributed by atoms with Gasteiger partial charge in [0.1, 0.15) is 6.23 Å². The summed E-state index contributed by atoms with van der Waals surface area (Å²) < 4.78 is 2.03. The molecule has 5 heteroatoms. The summed E-state index contributed by atoms with van der Waals surface area (Å²) in [7, 11) is 0. The summed E-state index contributed by atoms with van der Waals surface area (Å²) in [5.41, 5.74) is 16.4. The molecular formula is C19H22N4O. The van der Waals surface area contributed by atoms with Gasteiger partial charge in [-0.2, -0.15) is 0 Å². The van der Waals surface area contributed by atoms with Gasteiger partial charge in [0.15, 0.2) is 0 Å². The van der Waals surface area contributed by atoms with E-state index in [2.05, 4.69) is 17.1 Å². The minimum absolute atomic E-state index is 0.366. The van der Waals surface area contributed by atoms with Gasteiger partial charge in [-0.05, 0) is 23.3 Å². The van der Waals surface area contributed by atoms with Crippen LogP contribution in [0.1, 0.15) is 22.5 Å². The van der Waals surface area contributed by atoms with Crippen LogP contribution in [0.25, 0.3) is 0 Å². The first-order valence-corrected chi connectivity index (χ1v) is 7.96. The molecule has 24 heavy (non-hydrogen) atoms. The molecule has 0 amide bonds. The Morgan fingerprint density at radius 2 is 1.79 bits per heavy atom. The zero-order chi connectivity index (χ0) is 16.9. The Morgan fingerprint density at radius 1 is 1.04 bits per heavy atom. The molecule has 0 spiro atoms. The van der Waals surface area contributed by atoms with E-state index in [1.54, 1.807) is 6.33 Å². The molecule has 0 radical (unpaired) electrons. The number of imidazole rings is 1. The van der Waals surface area contributed by atoms with Crippen LogP contribution in [0.15, 0.2) is 60.9 Å². The van der Waals surface area contributed by atoms with E-state index in [-0.39, 0.29) is 0 Å². The van der Waals surface area contributed by atoms with Crippen LogP contribution >= 0.6 is 0 Å². The normalized spacial score (nSPS) is 12.2. The first kappa shape index (κ1) is 16.2. The molecule has 0 saturated carbocycles. The number of nitrogens with two attached hydrogens (primary N) is 2. The molecule has 5 nitrogen and oxygen atoms in total. The Morgan fingerprint density at radius 3 is 2.50 bits per heavy atom. The molecule has 5 N–H and O–H groups in total. The molecule has 1 atom stereocenters. The third kappa shape index (κ3) is 4.01. The molecular weight excluding hydrogens is 300 g/mol. The number of nitrogen functional groups attached to an aromatic ring is 1. The molecule has 1 heterocycles. The van der Waals surface area contributed by atoms with E-state index in [0.29, 0.717) is 19.4 Å². The van der Waals surface area contributed by atoms with Crippen molar-refractivity contribution in [2.75, 3.05) is 5.73 Å². The van der Waals surface area contributed by atoms with Crippen molar-refractivity contribution in [2.45, 2.75) is 25.6 Å². The molecule has 0 aliphatic carbocycles. The highest BCUT2D eigenvalue weighted by molar-refractivity contribution is 5.40. The maximum atomic E-state index is 9.67. The first-order chi connectivity index (χ1) is 11.6. The van der Waals surface area contributed by atoms with Crippen molar-refractivity contribution >= 4 is 5.69 Å². The summed E-state index contributed by atoms with van der Waals surface area (Å²) in [6.45, 7) is 0.648. The minimum atomic E-state index is -0.907. The fourth-order valence-corrected chi connectivity index (χ4v) is 2.84. The van der Waals surface area contributed by atoms with Crippen LogP contribution in [0.4, 0.5) is 5.69 Å². The average molecular weight is 322 g/mol. The molecule has 124 valence electrons. The topological polar surface area (TPSA) is 90.1 Å². The summed E-state index contributed by atoms with van der Waals surface area (Å²) in [6, 6.07) is 17.9. The van der Waals surface area contributed by atoms with E-state index in [0.717, 1.165) is 22.6 Å². The summed E-state index contributed by atoms with van der Waals surface area (Å²) in [5.74, 6) is 0. The average Bonchev–Trinajstić information content (AvgIpc) is 2.90. The standard InChI is InChI=1S/C19H22N4O/c20-16-8-4-7-15(9-16)12-23-13-22-17(18(23)11-19(21)24)10-14-5-2-1-3-6-14/h1-9,13,19,24H,10-12,20-21H2. The summed E-state index contributed by atoms with van der Waals surface area (Å²) in [4.78, 5) is 4.55. The number of hydrogen-bond acceptors (Lipinski definition) is 4. The van der Waals surface area contributed by atoms with Crippen molar-refractivity contribution in [2.24, 2.45) is 5.73 Å². The highest BCUT2D eigenvalue weighted by Gasteiger charge is 2.14. The Labute approximate surface area is 141 Å². The molecule has 0 aliphatic rings. The second-order valence-corrected chi connectivity index (χ2v) is 5.94. The third-order valence-corrected chi connectivity index (χ3v) is 3.95. The van der Waals surface area contributed by atoms with Crippen molar-refractivity contribution in [3.05, 3.63) is 83.4 Å². The van der Waals surface area contributed by atoms with Gasteiger partial charge in [-0.25, -0.2) is 4.98 Å². The number of hydrogen-bond donors (Lipinski definition) is 3. The van der Waals surface area contributed by atoms with E-state index in [9.17, 15) is 5.11 Å². The predicted molar refractivity (Wildman–Crippen MR) is 95.3 cm³/mol. The molecule has 1 aromatic heterocycles. The van der Waals surface area contributed by atoms with Crippen LogP contribution in [0.5, 0.6) is 0 Å². The van der Waals surface area contributed by atoms with Gasteiger partial charge in [0.2, 0.25) is 0 Å². The number of anilines is 1. The van der Waals surface area contributed by atoms with Crippen molar-refractivity contribution < 1.29 is 5.11 Å². The van der Waals surface area contributed by atoms with Gasteiger partial charge in [-0.1, -0.05) is 42.5 Å². The number of aliphatic hydroxyl groups is 1. The van der Waals surface area contributed by atoms with E-state index < -0.39 is 6.23 Å².